The summed E-state index contributed by atoms with van der Waals surface area (Å²) < 4.78 is 10.8. The van der Waals surface area contributed by atoms with Crippen LogP contribution in [0.5, 0.6) is 5.75 Å². The lowest BCUT2D eigenvalue weighted by atomic mass is 10.3. The maximum Gasteiger partial charge on any atom is 0.291 e. The van der Waals surface area contributed by atoms with Gasteiger partial charge in [-0.2, -0.15) is 0 Å². The van der Waals surface area contributed by atoms with Gasteiger partial charge in [0.05, 0.1) is 6.61 Å². The summed E-state index contributed by atoms with van der Waals surface area (Å²) in [5.41, 5.74) is 1.93. The van der Waals surface area contributed by atoms with Crippen LogP contribution in [-0.2, 0) is 0 Å². The zero-order valence-corrected chi connectivity index (χ0v) is 11.5. The molecule has 0 atom stereocenters. The number of hydrogen-bond donors (Lipinski definition) is 1. The van der Waals surface area contributed by atoms with Crippen molar-refractivity contribution in [3.63, 3.8) is 0 Å². The van der Waals surface area contributed by atoms with Crippen LogP contribution in [0.25, 0.3) is 11.1 Å². The Kier molecular flexibility index (Phi) is 3.55. The highest BCUT2D eigenvalue weighted by molar-refractivity contribution is 6.04. The predicted molar refractivity (Wildman–Crippen MR) is 79.6 cm³/mol. The van der Waals surface area contributed by atoms with E-state index in [0.29, 0.717) is 23.4 Å². The molecule has 21 heavy (non-hydrogen) atoms. The third-order valence-corrected chi connectivity index (χ3v) is 2.93. The van der Waals surface area contributed by atoms with Gasteiger partial charge in [0, 0.05) is 18.0 Å². The molecule has 5 nitrogen and oxygen atoms in total. The Bertz CT molecular complexity index is 730. The third-order valence-electron chi connectivity index (χ3n) is 2.93. The molecule has 2 aromatic heterocycles. The standard InChI is InChI=1S/C16H14N2O3/c1-2-20-12-7-5-11(6-8-12)18-16(19)15-10-13-14(21-15)4-3-9-17-13/h3-10H,2H2,1H3,(H,18,19). The molecular weight excluding hydrogens is 268 g/mol. The van der Waals surface area contributed by atoms with Crippen LogP contribution in [0.4, 0.5) is 5.69 Å². The van der Waals surface area contributed by atoms with Gasteiger partial charge in [-0.15, -0.1) is 0 Å². The summed E-state index contributed by atoms with van der Waals surface area (Å²) in [6.45, 7) is 2.53. The van der Waals surface area contributed by atoms with Crippen molar-refractivity contribution in [1.82, 2.24) is 4.98 Å². The summed E-state index contributed by atoms with van der Waals surface area (Å²) in [5.74, 6) is 0.693. The Morgan fingerprint density at radius 3 is 2.81 bits per heavy atom. The monoisotopic (exact) mass is 282 g/mol. The van der Waals surface area contributed by atoms with Crippen LogP contribution in [0, 0.1) is 0 Å². The average molecular weight is 282 g/mol. The normalized spacial score (nSPS) is 10.5. The third kappa shape index (κ3) is 2.86. The Balaban J connectivity index is 1.76. The van der Waals surface area contributed by atoms with E-state index < -0.39 is 0 Å². The van der Waals surface area contributed by atoms with E-state index in [1.807, 2.05) is 6.92 Å². The minimum atomic E-state index is -0.308. The molecule has 0 spiro atoms. The van der Waals surface area contributed by atoms with Crippen molar-refractivity contribution < 1.29 is 13.9 Å². The van der Waals surface area contributed by atoms with Gasteiger partial charge in [0.15, 0.2) is 11.3 Å². The number of benzene rings is 1. The summed E-state index contributed by atoms with van der Waals surface area (Å²) >= 11 is 0. The van der Waals surface area contributed by atoms with Crippen molar-refractivity contribution >= 4 is 22.7 Å². The van der Waals surface area contributed by atoms with Crippen molar-refractivity contribution in [2.75, 3.05) is 11.9 Å². The molecule has 3 aromatic rings. The van der Waals surface area contributed by atoms with Crippen molar-refractivity contribution in [2.45, 2.75) is 6.92 Å². The second-order valence-corrected chi connectivity index (χ2v) is 4.41. The van der Waals surface area contributed by atoms with Gasteiger partial charge in [0.2, 0.25) is 0 Å². The smallest absolute Gasteiger partial charge is 0.291 e. The Hall–Kier alpha value is -2.82. The first-order valence-electron chi connectivity index (χ1n) is 6.65. The molecule has 0 saturated carbocycles. The maximum atomic E-state index is 12.1. The Morgan fingerprint density at radius 1 is 1.29 bits per heavy atom. The van der Waals surface area contributed by atoms with Crippen molar-refractivity contribution in [3.05, 3.63) is 54.4 Å². The summed E-state index contributed by atoms with van der Waals surface area (Å²) in [6, 6.07) is 12.3. The number of fused-ring (bicyclic) bond motifs is 1. The number of hydrogen-bond acceptors (Lipinski definition) is 4. The average Bonchev–Trinajstić information content (AvgIpc) is 2.94. The quantitative estimate of drug-likeness (QED) is 0.795. The number of anilines is 1. The molecule has 0 aliphatic rings. The second-order valence-electron chi connectivity index (χ2n) is 4.41. The zero-order valence-electron chi connectivity index (χ0n) is 11.5. The fraction of sp³-hybridized carbons (Fsp3) is 0.125. The number of pyridine rings is 1. The van der Waals surface area contributed by atoms with Gasteiger partial charge in [0.25, 0.3) is 5.91 Å². The van der Waals surface area contributed by atoms with E-state index in [9.17, 15) is 4.79 Å². The first kappa shape index (κ1) is 13.2. The minimum Gasteiger partial charge on any atom is -0.494 e. The van der Waals surface area contributed by atoms with E-state index in [1.54, 1.807) is 48.7 Å². The molecule has 5 heteroatoms. The van der Waals surface area contributed by atoms with E-state index in [0.717, 1.165) is 5.75 Å². The van der Waals surface area contributed by atoms with E-state index >= 15 is 0 Å². The van der Waals surface area contributed by atoms with Crippen molar-refractivity contribution in [2.24, 2.45) is 0 Å². The van der Waals surface area contributed by atoms with E-state index in [2.05, 4.69) is 10.3 Å². The number of nitrogens with zero attached hydrogens (tertiary/aromatic N) is 1. The SMILES string of the molecule is CCOc1ccc(NC(=O)c2cc3ncccc3o2)cc1. The summed E-state index contributed by atoms with van der Waals surface area (Å²) in [7, 11) is 0. The molecule has 0 fully saturated rings. The lowest BCUT2D eigenvalue weighted by Gasteiger charge is -2.05. The molecule has 0 bridgehead atoms. The second kappa shape index (κ2) is 5.66. The molecule has 1 amide bonds. The van der Waals surface area contributed by atoms with Crippen LogP contribution in [0.1, 0.15) is 17.5 Å². The van der Waals surface area contributed by atoms with Crippen LogP contribution < -0.4 is 10.1 Å². The topological polar surface area (TPSA) is 64.4 Å². The fourth-order valence-electron chi connectivity index (χ4n) is 1.98. The molecule has 0 saturated heterocycles. The number of aromatic nitrogens is 1. The van der Waals surface area contributed by atoms with Gasteiger partial charge in [0.1, 0.15) is 11.3 Å². The molecule has 0 unspecified atom stereocenters. The molecule has 0 aliphatic carbocycles. The number of amides is 1. The summed E-state index contributed by atoms with van der Waals surface area (Å²) in [4.78, 5) is 16.3. The fourth-order valence-corrected chi connectivity index (χ4v) is 1.98. The molecule has 1 N–H and O–H groups in total. The molecule has 106 valence electrons. The number of nitrogens with one attached hydrogen (secondary N) is 1. The van der Waals surface area contributed by atoms with Crippen LogP contribution in [0.3, 0.4) is 0 Å². The van der Waals surface area contributed by atoms with Gasteiger partial charge in [-0.25, -0.2) is 0 Å². The van der Waals surface area contributed by atoms with Gasteiger partial charge in [-0.1, -0.05) is 0 Å². The Labute approximate surface area is 121 Å². The van der Waals surface area contributed by atoms with Crippen LogP contribution in [0.2, 0.25) is 0 Å². The number of carbonyl (C=O) groups excluding carboxylic acids is 1. The number of furan rings is 1. The van der Waals surface area contributed by atoms with Gasteiger partial charge in [-0.05, 0) is 43.3 Å². The highest BCUT2D eigenvalue weighted by atomic mass is 16.5. The first-order valence-corrected chi connectivity index (χ1v) is 6.65. The largest absolute Gasteiger partial charge is 0.494 e. The van der Waals surface area contributed by atoms with Crippen LogP contribution in [0.15, 0.2) is 53.1 Å². The Morgan fingerprint density at radius 2 is 2.10 bits per heavy atom. The molecular formula is C16H14N2O3. The molecule has 1 aromatic carbocycles. The van der Waals surface area contributed by atoms with Gasteiger partial charge >= 0.3 is 0 Å². The molecule has 3 rings (SSSR count). The number of rotatable bonds is 4. The highest BCUT2D eigenvalue weighted by Crippen LogP contribution is 2.19. The van der Waals surface area contributed by atoms with Crippen LogP contribution >= 0.6 is 0 Å². The number of ether oxygens (including phenoxy) is 1. The van der Waals surface area contributed by atoms with E-state index in [-0.39, 0.29) is 11.7 Å². The van der Waals surface area contributed by atoms with Gasteiger partial charge < -0.3 is 14.5 Å². The predicted octanol–water partition coefficient (Wildman–Crippen LogP) is 3.48. The minimum absolute atomic E-state index is 0.234. The number of carbonyl (C=O) groups is 1. The van der Waals surface area contributed by atoms with Crippen molar-refractivity contribution in [3.8, 4) is 5.75 Å². The molecule has 2 heterocycles. The lowest BCUT2D eigenvalue weighted by Crippen LogP contribution is -2.10. The van der Waals surface area contributed by atoms with E-state index in [1.165, 1.54) is 0 Å². The first-order chi connectivity index (χ1) is 10.3. The zero-order chi connectivity index (χ0) is 14.7. The molecule has 0 radical (unpaired) electrons. The van der Waals surface area contributed by atoms with Crippen LogP contribution in [-0.4, -0.2) is 17.5 Å². The maximum absolute atomic E-state index is 12.1. The highest BCUT2D eigenvalue weighted by Gasteiger charge is 2.12. The summed E-state index contributed by atoms with van der Waals surface area (Å²) in [5, 5.41) is 2.77. The molecule has 0 aliphatic heterocycles. The lowest BCUT2D eigenvalue weighted by molar-refractivity contribution is 0.0998. The summed E-state index contributed by atoms with van der Waals surface area (Å²) in [6.07, 6.45) is 1.66. The van der Waals surface area contributed by atoms with Gasteiger partial charge in [-0.3, -0.25) is 9.78 Å². The van der Waals surface area contributed by atoms with Crippen molar-refractivity contribution in [1.29, 1.82) is 0 Å². The van der Waals surface area contributed by atoms with E-state index in [4.69, 9.17) is 9.15 Å².